The highest BCUT2D eigenvalue weighted by Gasteiger charge is 2.32. The normalized spacial score (nSPS) is 16.8. The van der Waals surface area contributed by atoms with Crippen molar-refractivity contribution < 1.29 is 19.1 Å². The van der Waals surface area contributed by atoms with Gasteiger partial charge in [0.05, 0.1) is 0 Å². The lowest BCUT2D eigenvalue weighted by Crippen LogP contribution is -2.30. The van der Waals surface area contributed by atoms with Crippen LogP contribution in [0.2, 0.25) is 0 Å². The molecule has 1 aliphatic rings. The van der Waals surface area contributed by atoms with Gasteiger partial charge in [-0.25, -0.2) is 9.59 Å². The van der Waals surface area contributed by atoms with Gasteiger partial charge < -0.3 is 31.6 Å². The summed E-state index contributed by atoms with van der Waals surface area (Å²) in [5, 5.41) is 5.66. The molecule has 0 saturated carbocycles. The number of carbonyl (C=O) groups is 2. The SMILES string of the molecule is C=C(C)C1CCC(C)=CC1c1c(OC(=O)NCCCCN)cc(CCCCC)cc1OC(=O)NCCCCN. The van der Waals surface area contributed by atoms with E-state index in [0.29, 0.717) is 43.2 Å². The van der Waals surface area contributed by atoms with Crippen LogP contribution in [0, 0.1) is 5.92 Å². The first-order chi connectivity index (χ1) is 18.8. The third-order valence-electron chi connectivity index (χ3n) is 7.15. The summed E-state index contributed by atoms with van der Waals surface area (Å²) in [5.41, 5.74) is 15.1. The molecule has 0 radical (unpaired) electrons. The quantitative estimate of drug-likeness (QED) is 0.148. The maximum absolute atomic E-state index is 12.9. The summed E-state index contributed by atoms with van der Waals surface area (Å²) in [5.74, 6) is 0.840. The van der Waals surface area contributed by atoms with Crippen LogP contribution in [0.15, 0.2) is 35.9 Å². The Kier molecular flexibility index (Phi) is 14.7. The van der Waals surface area contributed by atoms with Gasteiger partial charge in [0.25, 0.3) is 0 Å². The number of allylic oxidation sites excluding steroid dienone is 3. The summed E-state index contributed by atoms with van der Waals surface area (Å²) >= 11 is 0. The van der Waals surface area contributed by atoms with Crippen LogP contribution in [0.4, 0.5) is 9.59 Å². The molecule has 8 nitrogen and oxygen atoms in total. The lowest BCUT2D eigenvalue weighted by Gasteiger charge is -2.32. The fraction of sp³-hybridized carbons (Fsp3) is 0.613. The molecular weight excluding hydrogens is 492 g/mol. The molecule has 0 aliphatic heterocycles. The minimum Gasteiger partial charge on any atom is -0.410 e. The van der Waals surface area contributed by atoms with Gasteiger partial charge in [-0.3, -0.25) is 0 Å². The van der Waals surface area contributed by atoms with E-state index in [9.17, 15) is 9.59 Å². The van der Waals surface area contributed by atoms with Gasteiger partial charge in [-0.1, -0.05) is 43.6 Å². The van der Waals surface area contributed by atoms with Crippen LogP contribution in [0.5, 0.6) is 11.5 Å². The summed E-state index contributed by atoms with van der Waals surface area (Å²) in [6.45, 7) is 12.7. The van der Waals surface area contributed by atoms with E-state index >= 15 is 0 Å². The van der Waals surface area contributed by atoms with Crippen LogP contribution in [-0.4, -0.2) is 38.4 Å². The van der Waals surface area contributed by atoms with E-state index in [2.05, 4.69) is 37.1 Å². The molecule has 1 aromatic carbocycles. The number of nitrogens with one attached hydrogen (secondary N) is 2. The predicted molar refractivity (Wildman–Crippen MR) is 158 cm³/mol. The number of rotatable bonds is 16. The molecule has 0 saturated heterocycles. The van der Waals surface area contributed by atoms with Gasteiger partial charge >= 0.3 is 12.2 Å². The van der Waals surface area contributed by atoms with Gasteiger partial charge in [0.2, 0.25) is 0 Å². The Balaban J connectivity index is 2.52. The molecule has 0 bridgehead atoms. The maximum atomic E-state index is 12.9. The number of carbonyl (C=O) groups excluding carboxylic acids is 2. The molecule has 218 valence electrons. The van der Waals surface area contributed by atoms with Gasteiger partial charge in [-0.15, -0.1) is 0 Å². The number of hydrogen-bond acceptors (Lipinski definition) is 6. The summed E-state index contributed by atoms with van der Waals surface area (Å²) < 4.78 is 11.9. The van der Waals surface area contributed by atoms with Crippen LogP contribution in [0.1, 0.15) is 95.6 Å². The summed E-state index contributed by atoms with van der Waals surface area (Å²) in [4.78, 5) is 25.7. The number of ether oxygens (including phenoxy) is 2. The van der Waals surface area contributed by atoms with Crippen LogP contribution < -0.4 is 31.6 Å². The smallest absolute Gasteiger partial charge is 0.410 e. The Morgan fingerprint density at radius 3 is 2.00 bits per heavy atom. The average molecular weight is 543 g/mol. The number of amides is 2. The molecular formula is C31H50N4O4. The molecule has 1 aliphatic carbocycles. The predicted octanol–water partition coefficient (Wildman–Crippen LogP) is 6.09. The maximum Gasteiger partial charge on any atom is 0.412 e. The van der Waals surface area contributed by atoms with E-state index in [1.165, 1.54) is 5.57 Å². The minimum absolute atomic E-state index is 0.129. The highest BCUT2D eigenvalue weighted by molar-refractivity contribution is 5.74. The van der Waals surface area contributed by atoms with Crippen molar-refractivity contribution in [2.75, 3.05) is 26.2 Å². The molecule has 0 heterocycles. The average Bonchev–Trinajstić information content (AvgIpc) is 2.89. The van der Waals surface area contributed by atoms with Crippen molar-refractivity contribution in [3.05, 3.63) is 47.1 Å². The molecule has 2 rings (SSSR count). The first-order valence-corrected chi connectivity index (χ1v) is 14.6. The van der Waals surface area contributed by atoms with Gasteiger partial charge in [-0.05, 0) is 102 Å². The third kappa shape index (κ3) is 11.0. The molecule has 0 aromatic heterocycles. The van der Waals surface area contributed by atoms with E-state index in [0.717, 1.165) is 75.3 Å². The second-order valence-corrected chi connectivity index (χ2v) is 10.6. The van der Waals surface area contributed by atoms with Gasteiger partial charge in [0.1, 0.15) is 11.5 Å². The second kappa shape index (κ2) is 17.7. The lowest BCUT2D eigenvalue weighted by molar-refractivity contribution is 0.197. The number of benzene rings is 1. The second-order valence-electron chi connectivity index (χ2n) is 10.6. The van der Waals surface area contributed by atoms with E-state index in [1.807, 2.05) is 19.1 Å². The fourth-order valence-corrected chi connectivity index (χ4v) is 4.97. The van der Waals surface area contributed by atoms with Crippen LogP contribution in [0.3, 0.4) is 0 Å². The Bertz CT molecular complexity index is 928. The first-order valence-electron chi connectivity index (χ1n) is 14.6. The minimum atomic E-state index is -0.528. The van der Waals surface area contributed by atoms with Gasteiger partial charge in [-0.2, -0.15) is 0 Å². The van der Waals surface area contributed by atoms with Crippen molar-refractivity contribution in [1.29, 1.82) is 0 Å². The lowest BCUT2D eigenvalue weighted by atomic mass is 9.73. The van der Waals surface area contributed by atoms with Crippen molar-refractivity contribution in [2.24, 2.45) is 17.4 Å². The van der Waals surface area contributed by atoms with Crippen LogP contribution in [-0.2, 0) is 6.42 Å². The Morgan fingerprint density at radius 1 is 0.949 bits per heavy atom. The largest absolute Gasteiger partial charge is 0.412 e. The monoisotopic (exact) mass is 542 g/mol. The van der Waals surface area contributed by atoms with E-state index in [4.69, 9.17) is 20.9 Å². The standard InChI is InChI=1S/C31H50N4O4/c1-5-6-7-12-24-20-27(38-30(36)34-17-10-8-15-32)29(26-19-23(4)13-14-25(26)22(2)3)28(21-24)39-31(37)35-18-11-9-16-33/h19-21,25-26H,2,5-18,32-33H2,1,3-4H3,(H,34,36)(H,35,37). The van der Waals surface area contributed by atoms with Crippen molar-refractivity contribution in [1.82, 2.24) is 10.6 Å². The third-order valence-corrected chi connectivity index (χ3v) is 7.15. The number of aryl methyl sites for hydroxylation is 1. The highest BCUT2D eigenvalue weighted by atomic mass is 16.6. The molecule has 8 heteroatoms. The Hall–Kier alpha value is -2.84. The van der Waals surface area contributed by atoms with Crippen LogP contribution >= 0.6 is 0 Å². The topological polar surface area (TPSA) is 129 Å². The molecule has 1 aromatic rings. The van der Waals surface area contributed by atoms with Crippen molar-refractivity contribution in [3.63, 3.8) is 0 Å². The summed E-state index contributed by atoms with van der Waals surface area (Å²) in [6.07, 6.45) is 10.2. The molecule has 2 unspecified atom stereocenters. The zero-order valence-corrected chi connectivity index (χ0v) is 24.3. The van der Waals surface area contributed by atoms with E-state index < -0.39 is 12.2 Å². The fourth-order valence-electron chi connectivity index (χ4n) is 4.97. The Labute approximate surface area is 234 Å². The zero-order chi connectivity index (χ0) is 28.6. The van der Waals surface area contributed by atoms with Crippen molar-refractivity contribution in [2.45, 2.75) is 90.9 Å². The number of hydrogen-bond donors (Lipinski definition) is 4. The van der Waals surface area contributed by atoms with Crippen molar-refractivity contribution in [3.8, 4) is 11.5 Å². The molecule has 39 heavy (non-hydrogen) atoms. The van der Waals surface area contributed by atoms with Crippen LogP contribution in [0.25, 0.3) is 0 Å². The highest BCUT2D eigenvalue weighted by Crippen LogP contribution is 2.47. The molecule has 6 N–H and O–H groups in total. The van der Waals surface area contributed by atoms with Crippen molar-refractivity contribution >= 4 is 12.2 Å². The number of unbranched alkanes of at least 4 members (excludes halogenated alkanes) is 4. The summed E-state index contributed by atoms with van der Waals surface area (Å²) in [6, 6.07) is 3.87. The molecule has 2 amide bonds. The van der Waals surface area contributed by atoms with Gasteiger partial charge in [0.15, 0.2) is 0 Å². The Morgan fingerprint density at radius 2 is 1.51 bits per heavy atom. The number of nitrogens with two attached hydrogens (primary N) is 2. The summed E-state index contributed by atoms with van der Waals surface area (Å²) in [7, 11) is 0. The van der Waals surface area contributed by atoms with Gasteiger partial charge in [0, 0.05) is 24.6 Å². The zero-order valence-electron chi connectivity index (χ0n) is 24.3. The molecule has 2 atom stereocenters. The molecule has 0 spiro atoms. The molecule has 0 fully saturated rings. The first kappa shape index (κ1) is 32.4. The van der Waals surface area contributed by atoms with E-state index in [-0.39, 0.29) is 11.8 Å². The van der Waals surface area contributed by atoms with E-state index in [1.54, 1.807) is 0 Å².